The Morgan fingerprint density at radius 2 is 2.00 bits per heavy atom. The topological polar surface area (TPSA) is 41.6 Å². The molecule has 2 rings (SSSR count). The fourth-order valence-electron chi connectivity index (χ4n) is 3.38. The van der Waals surface area contributed by atoms with Gasteiger partial charge in [0.25, 0.3) is 0 Å². The molecule has 0 bridgehead atoms. The molecule has 1 saturated carbocycles. The van der Waals surface area contributed by atoms with Gasteiger partial charge in [-0.1, -0.05) is 13.8 Å². The van der Waals surface area contributed by atoms with Gasteiger partial charge in [-0.15, -0.1) is 0 Å². The molecule has 1 N–H and O–H groups in total. The molecule has 0 aromatic heterocycles. The van der Waals surface area contributed by atoms with E-state index in [1.165, 1.54) is 12.8 Å². The molecule has 0 aromatic carbocycles. The lowest BCUT2D eigenvalue weighted by Crippen LogP contribution is -2.48. The summed E-state index contributed by atoms with van der Waals surface area (Å²) in [6, 6.07) is 1.40. The summed E-state index contributed by atoms with van der Waals surface area (Å²) in [6.07, 6.45) is 5.54. The van der Waals surface area contributed by atoms with Gasteiger partial charge in [-0.2, -0.15) is 0 Å². The second-order valence-electron chi connectivity index (χ2n) is 8.87. The largest absolute Gasteiger partial charge is 0.444 e. The van der Waals surface area contributed by atoms with Crippen LogP contribution in [0.15, 0.2) is 0 Å². The van der Waals surface area contributed by atoms with Gasteiger partial charge in [0.15, 0.2) is 0 Å². The fraction of sp³-hybridized carbons (Fsp3) is 0.944. The first-order chi connectivity index (χ1) is 10.1. The van der Waals surface area contributed by atoms with Gasteiger partial charge in [-0.25, -0.2) is 4.79 Å². The summed E-state index contributed by atoms with van der Waals surface area (Å²) in [5.74, 6) is 0. The molecule has 3 atom stereocenters. The summed E-state index contributed by atoms with van der Waals surface area (Å²) >= 11 is 0. The van der Waals surface area contributed by atoms with Crippen molar-refractivity contribution in [2.24, 2.45) is 5.41 Å². The minimum absolute atomic E-state index is 0.142. The van der Waals surface area contributed by atoms with Gasteiger partial charge in [0, 0.05) is 24.7 Å². The number of nitrogens with zero attached hydrogens (tertiary/aromatic N) is 1. The molecule has 22 heavy (non-hydrogen) atoms. The maximum Gasteiger partial charge on any atom is 0.410 e. The Balaban J connectivity index is 1.87. The molecule has 2 fully saturated rings. The normalized spacial score (nSPS) is 29.1. The molecule has 4 nitrogen and oxygen atoms in total. The quantitative estimate of drug-likeness (QED) is 0.855. The van der Waals surface area contributed by atoms with E-state index in [0.717, 1.165) is 25.8 Å². The molecule has 1 aliphatic heterocycles. The first-order valence-corrected chi connectivity index (χ1v) is 8.84. The van der Waals surface area contributed by atoms with Crippen LogP contribution in [0.3, 0.4) is 0 Å². The Morgan fingerprint density at radius 3 is 2.55 bits per heavy atom. The van der Waals surface area contributed by atoms with Gasteiger partial charge in [-0.3, -0.25) is 0 Å². The first-order valence-electron chi connectivity index (χ1n) is 8.84. The Bertz CT molecular complexity index is 400. The summed E-state index contributed by atoms with van der Waals surface area (Å²) < 4.78 is 5.58. The van der Waals surface area contributed by atoms with Crippen LogP contribution in [0.2, 0.25) is 0 Å². The molecule has 0 aromatic rings. The van der Waals surface area contributed by atoms with Crippen LogP contribution < -0.4 is 5.32 Å². The number of nitrogens with one attached hydrogen (secondary N) is 1. The van der Waals surface area contributed by atoms with Crippen LogP contribution in [0.5, 0.6) is 0 Å². The SMILES string of the molecule is CC(CC1CCCCN1C(=O)OC(C)(C)C)NC1CC1(C)C. The van der Waals surface area contributed by atoms with Crippen molar-refractivity contribution >= 4 is 6.09 Å². The maximum absolute atomic E-state index is 12.4. The number of ether oxygens (including phenoxy) is 1. The number of hydrogen-bond donors (Lipinski definition) is 1. The zero-order valence-corrected chi connectivity index (χ0v) is 15.2. The lowest BCUT2D eigenvalue weighted by Gasteiger charge is -2.38. The van der Waals surface area contributed by atoms with Crippen molar-refractivity contribution in [3.8, 4) is 0 Å². The van der Waals surface area contributed by atoms with Gasteiger partial charge in [0.05, 0.1) is 0 Å². The van der Waals surface area contributed by atoms with Crippen molar-refractivity contribution in [3.05, 3.63) is 0 Å². The van der Waals surface area contributed by atoms with E-state index in [4.69, 9.17) is 4.74 Å². The Labute approximate surface area is 136 Å². The molecule has 4 heteroatoms. The van der Waals surface area contributed by atoms with Crippen LogP contribution in [0, 0.1) is 5.41 Å². The second kappa shape index (κ2) is 6.38. The standard InChI is InChI=1S/C18H34N2O2/c1-13(19-15-12-18(15,5)6)11-14-9-7-8-10-20(14)16(21)22-17(2,3)4/h13-15,19H,7-12H2,1-6H3. The van der Waals surface area contributed by atoms with Crippen molar-refractivity contribution in [2.45, 2.75) is 97.4 Å². The van der Waals surface area contributed by atoms with Crippen molar-refractivity contribution in [1.29, 1.82) is 0 Å². The maximum atomic E-state index is 12.4. The lowest BCUT2D eigenvalue weighted by molar-refractivity contribution is 0.00785. The zero-order chi connectivity index (χ0) is 16.5. The Hall–Kier alpha value is -0.770. The average Bonchev–Trinajstić information content (AvgIpc) is 2.94. The predicted molar refractivity (Wildman–Crippen MR) is 90.0 cm³/mol. The summed E-state index contributed by atoms with van der Waals surface area (Å²) in [5, 5.41) is 3.72. The van der Waals surface area contributed by atoms with Crippen molar-refractivity contribution in [3.63, 3.8) is 0 Å². The van der Waals surface area contributed by atoms with E-state index in [1.54, 1.807) is 0 Å². The molecule has 1 heterocycles. The summed E-state index contributed by atoms with van der Waals surface area (Å²) in [6.45, 7) is 13.5. The van der Waals surface area contributed by atoms with Crippen molar-refractivity contribution in [1.82, 2.24) is 10.2 Å². The van der Waals surface area contributed by atoms with Gasteiger partial charge < -0.3 is 15.0 Å². The molecular weight excluding hydrogens is 276 g/mol. The molecule has 1 amide bonds. The Kier molecular flexibility index (Phi) is 5.10. The van der Waals surface area contributed by atoms with Crippen LogP contribution in [0.1, 0.15) is 73.6 Å². The number of carbonyl (C=O) groups excluding carboxylic acids is 1. The number of piperidine rings is 1. The average molecular weight is 310 g/mol. The summed E-state index contributed by atoms with van der Waals surface area (Å²) in [4.78, 5) is 14.4. The Morgan fingerprint density at radius 1 is 1.36 bits per heavy atom. The molecule has 1 saturated heterocycles. The molecule has 2 aliphatic rings. The van der Waals surface area contributed by atoms with E-state index in [0.29, 0.717) is 23.5 Å². The van der Waals surface area contributed by atoms with Crippen LogP contribution in [-0.4, -0.2) is 41.3 Å². The highest BCUT2D eigenvalue weighted by atomic mass is 16.6. The number of hydrogen-bond acceptors (Lipinski definition) is 3. The highest BCUT2D eigenvalue weighted by Gasteiger charge is 2.46. The van der Waals surface area contributed by atoms with Crippen molar-refractivity contribution in [2.75, 3.05) is 6.54 Å². The van der Waals surface area contributed by atoms with Gasteiger partial charge >= 0.3 is 6.09 Å². The van der Waals surface area contributed by atoms with Crippen LogP contribution in [0.4, 0.5) is 4.79 Å². The second-order valence-corrected chi connectivity index (χ2v) is 8.87. The van der Waals surface area contributed by atoms with Gasteiger partial charge in [-0.05, 0) is 65.2 Å². The predicted octanol–water partition coefficient (Wildman–Crippen LogP) is 3.94. The van der Waals surface area contributed by atoms with E-state index in [1.807, 2.05) is 25.7 Å². The highest BCUT2D eigenvalue weighted by molar-refractivity contribution is 5.68. The zero-order valence-electron chi connectivity index (χ0n) is 15.2. The molecule has 128 valence electrons. The monoisotopic (exact) mass is 310 g/mol. The molecule has 0 spiro atoms. The highest BCUT2D eigenvalue weighted by Crippen LogP contribution is 2.45. The van der Waals surface area contributed by atoms with Gasteiger partial charge in [0.1, 0.15) is 5.60 Å². The summed E-state index contributed by atoms with van der Waals surface area (Å²) in [7, 11) is 0. The number of amides is 1. The minimum atomic E-state index is -0.416. The number of rotatable bonds is 4. The fourth-order valence-corrected chi connectivity index (χ4v) is 3.38. The van der Waals surface area contributed by atoms with Gasteiger partial charge in [0.2, 0.25) is 0 Å². The molecule has 1 aliphatic carbocycles. The van der Waals surface area contributed by atoms with Crippen LogP contribution in [-0.2, 0) is 4.74 Å². The van der Waals surface area contributed by atoms with E-state index in [-0.39, 0.29) is 6.09 Å². The third-order valence-electron chi connectivity index (χ3n) is 4.88. The van der Waals surface area contributed by atoms with Crippen LogP contribution >= 0.6 is 0 Å². The number of likely N-dealkylation sites (tertiary alicyclic amines) is 1. The van der Waals surface area contributed by atoms with E-state index < -0.39 is 5.60 Å². The smallest absolute Gasteiger partial charge is 0.410 e. The van der Waals surface area contributed by atoms with E-state index >= 15 is 0 Å². The van der Waals surface area contributed by atoms with E-state index in [2.05, 4.69) is 26.1 Å². The molecule has 0 radical (unpaired) electrons. The molecular formula is C18H34N2O2. The molecule has 3 unspecified atom stereocenters. The minimum Gasteiger partial charge on any atom is -0.444 e. The third-order valence-corrected chi connectivity index (χ3v) is 4.88. The van der Waals surface area contributed by atoms with Crippen molar-refractivity contribution < 1.29 is 9.53 Å². The number of carbonyl (C=O) groups is 1. The third kappa shape index (κ3) is 4.87. The van der Waals surface area contributed by atoms with E-state index in [9.17, 15) is 4.79 Å². The lowest BCUT2D eigenvalue weighted by atomic mass is 9.96. The van der Waals surface area contributed by atoms with Crippen LogP contribution in [0.25, 0.3) is 0 Å². The first kappa shape index (κ1) is 17.6. The summed E-state index contributed by atoms with van der Waals surface area (Å²) in [5.41, 5.74) is 0.0344.